The maximum absolute atomic E-state index is 12.9. The first-order chi connectivity index (χ1) is 9.72. The van der Waals surface area contributed by atoms with Crippen molar-refractivity contribution >= 4 is 22.4 Å². The molecule has 1 aliphatic heterocycles. The first-order valence-corrected chi connectivity index (χ1v) is 7.33. The van der Waals surface area contributed by atoms with E-state index >= 15 is 0 Å². The van der Waals surface area contributed by atoms with Gasteiger partial charge in [-0.15, -0.1) is 11.3 Å². The zero-order valence-electron chi connectivity index (χ0n) is 10.8. The van der Waals surface area contributed by atoms with Crippen molar-refractivity contribution in [1.82, 2.24) is 9.88 Å². The summed E-state index contributed by atoms with van der Waals surface area (Å²) in [5, 5.41) is 5.64. The molecule has 1 aromatic heterocycles. The van der Waals surface area contributed by atoms with Crippen molar-refractivity contribution in [3.05, 3.63) is 35.5 Å². The second kappa shape index (κ2) is 5.58. The van der Waals surface area contributed by atoms with E-state index in [1.165, 1.54) is 23.5 Å². The van der Waals surface area contributed by atoms with Crippen LogP contribution >= 0.6 is 11.3 Å². The van der Waals surface area contributed by atoms with Gasteiger partial charge in [0.1, 0.15) is 5.82 Å². The lowest BCUT2D eigenvalue weighted by Gasteiger charge is -2.30. The van der Waals surface area contributed by atoms with E-state index in [0.29, 0.717) is 5.13 Å². The maximum atomic E-state index is 12.9. The highest BCUT2D eigenvalue weighted by atomic mass is 32.1. The van der Waals surface area contributed by atoms with E-state index in [1.54, 1.807) is 12.1 Å². The van der Waals surface area contributed by atoms with Crippen LogP contribution in [0.5, 0.6) is 0 Å². The van der Waals surface area contributed by atoms with E-state index in [9.17, 15) is 9.18 Å². The van der Waals surface area contributed by atoms with Gasteiger partial charge in [0.05, 0.1) is 12.2 Å². The number of hydrogen-bond donors (Lipinski definition) is 1. The number of halogens is 1. The van der Waals surface area contributed by atoms with Crippen LogP contribution in [0, 0.1) is 5.82 Å². The molecule has 0 bridgehead atoms. The Kier molecular flexibility index (Phi) is 3.64. The Morgan fingerprint density at radius 3 is 2.75 bits per heavy atom. The van der Waals surface area contributed by atoms with Gasteiger partial charge in [0.15, 0.2) is 5.13 Å². The third-order valence-electron chi connectivity index (χ3n) is 3.24. The fourth-order valence-electron chi connectivity index (χ4n) is 1.94. The predicted molar refractivity (Wildman–Crippen MR) is 77.2 cm³/mol. The normalized spacial score (nSPS) is 13.9. The van der Waals surface area contributed by atoms with Crippen LogP contribution in [-0.4, -0.2) is 35.4 Å². The van der Waals surface area contributed by atoms with Crippen molar-refractivity contribution in [1.29, 1.82) is 0 Å². The van der Waals surface area contributed by atoms with Crippen LogP contribution < -0.4 is 5.32 Å². The Labute approximate surface area is 120 Å². The molecule has 0 atom stereocenters. The van der Waals surface area contributed by atoms with Gasteiger partial charge in [-0.05, 0) is 30.7 Å². The van der Waals surface area contributed by atoms with Crippen molar-refractivity contribution in [3.8, 4) is 11.3 Å². The van der Waals surface area contributed by atoms with Gasteiger partial charge in [-0.2, -0.15) is 0 Å². The van der Waals surface area contributed by atoms with Gasteiger partial charge in [-0.1, -0.05) is 0 Å². The van der Waals surface area contributed by atoms with Crippen LogP contribution in [0.15, 0.2) is 29.6 Å². The number of carbonyl (C=O) groups excluding carboxylic acids is 1. The van der Waals surface area contributed by atoms with E-state index in [-0.39, 0.29) is 18.3 Å². The molecule has 0 spiro atoms. The SMILES string of the molecule is O=C(CNc1nc(-c2ccc(F)cc2)cs1)N1CCC1. The molecule has 6 heteroatoms. The molecule has 0 unspecified atom stereocenters. The largest absolute Gasteiger partial charge is 0.352 e. The van der Waals surface area contributed by atoms with Crippen LogP contribution in [0.3, 0.4) is 0 Å². The highest BCUT2D eigenvalue weighted by Gasteiger charge is 2.19. The first-order valence-electron chi connectivity index (χ1n) is 6.45. The topological polar surface area (TPSA) is 45.2 Å². The number of aromatic nitrogens is 1. The van der Waals surface area contributed by atoms with Crippen LogP contribution in [0.2, 0.25) is 0 Å². The van der Waals surface area contributed by atoms with Crippen LogP contribution in [0.4, 0.5) is 9.52 Å². The van der Waals surface area contributed by atoms with Gasteiger partial charge in [0, 0.05) is 24.0 Å². The van der Waals surface area contributed by atoms with E-state index < -0.39 is 0 Å². The minimum absolute atomic E-state index is 0.106. The molecule has 2 aromatic rings. The van der Waals surface area contributed by atoms with E-state index in [1.807, 2.05) is 10.3 Å². The number of benzene rings is 1. The lowest BCUT2D eigenvalue weighted by Crippen LogP contribution is -2.44. The number of nitrogens with one attached hydrogen (secondary N) is 1. The Bertz CT molecular complexity index is 607. The lowest BCUT2D eigenvalue weighted by molar-refractivity contribution is -0.132. The minimum atomic E-state index is -0.262. The number of hydrogen-bond acceptors (Lipinski definition) is 4. The number of thiazole rings is 1. The first kappa shape index (κ1) is 13.1. The molecule has 1 N–H and O–H groups in total. The molecule has 1 aromatic carbocycles. The Balaban J connectivity index is 1.61. The van der Waals surface area contributed by atoms with E-state index in [4.69, 9.17) is 0 Å². The average Bonchev–Trinajstić information content (AvgIpc) is 2.84. The summed E-state index contributed by atoms with van der Waals surface area (Å²) in [5.74, 6) is -0.155. The van der Waals surface area contributed by atoms with Gasteiger partial charge >= 0.3 is 0 Å². The molecule has 0 aliphatic carbocycles. The number of amides is 1. The highest BCUT2D eigenvalue weighted by Crippen LogP contribution is 2.24. The lowest BCUT2D eigenvalue weighted by atomic mass is 10.2. The smallest absolute Gasteiger partial charge is 0.241 e. The monoisotopic (exact) mass is 291 g/mol. The summed E-state index contributed by atoms with van der Waals surface area (Å²) in [5.41, 5.74) is 1.65. The predicted octanol–water partition coefficient (Wildman–Crippen LogP) is 2.59. The molecule has 3 rings (SSSR count). The number of rotatable bonds is 4. The second-order valence-corrected chi connectivity index (χ2v) is 5.49. The summed E-state index contributed by atoms with van der Waals surface area (Å²) in [6.45, 7) is 1.99. The third-order valence-corrected chi connectivity index (χ3v) is 4.04. The third kappa shape index (κ3) is 2.80. The fraction of sp³-hybridized carbons (Fsp3) is 0.286. The summed E-state index contributed by atoms with van der Waals surface area (Å²) in [6, 6.07) is 6.21. The van der Waals surface area contributed by atoms with Gasteiger partial charge < -0.3 is 10.2 Å². The molecule has 0 radical (unpaired) electrons. The van der Waals surface area contributed by atoms with Gasteiger partial charge in [0.2, 0.25) is 5.91 Å². The Morgan fingerprint density at radius 2 is 2.10 bits per heavy atom. The number of nitrogens with zero attached hydrogens (tertiary/aromatic N) is 2. The van der Waals surface area contributed by atoms with Gasteiger partial charge in [0.25, 0.3) is 0 Å². The Hall–Kier alpha value is -1.95. The summed E-state index contributed by atoms with van der Waals surface area (Å²) in [7, 11) is 0. The standard InChI is InChI=1S/C14H14FN3OS/c15-11-4-2-10(3-5-11)12-9-20-14(17-12)16-8-13(19)18-6-1-7-18/h2-5,9H,1,6-8H2,(H,16,17). The minimum Gasteiger partial charge on any atom is -0.352 e. The molecule has 0 saturated carbocycles. The molecule has 4 nitrogen and oxygen atoms in total. The number of anilines is 1. The molecule has 1 amide bonds. The molecular weight excluding hydrogens is 277 g/mol. The summed E-state index contributed by atoms with van der Waals surface area (Å²) in [4.78, 5) is 17.9. The van der Waals surface area contributed by atoms with Crippen LogP contribution in [0.25, 0.3) is 11.3 Å². The molecule has 1 aliphatic rings. The summed E-state index contributed by atoms with van der Waals surface area (Å²) >= 11 is 1.44. The van der Waals surface area contributed by atoms with Crippen molar-refractivity contribution in [2.24, 2.45) is 0 Å². The second-order valence-electron chi connectivity index (χ2n) is 4.63. The maximum Gasteiger partial charge on any atom is 0.241 e. The number of carbonyl (C=O) groups is 1. The summed E-state index contributed by atoms with van der Waals surface area (Å²) in [6.07, 6.45) is 1.09. The molecular formula is C14H14FN3OS. The van der Waals surface area contributed by atoms with Crippen LogP contribution in [0.1, 0.15) is 6.42 Å². The molecule has 104 valence electrons. The van der Waals surface area contributed by atoms with E-state index in [2.05, 4.69) is 10.3 Å². The molecule has 1 fully saturated rings. The van der Waals surface area contributed by atoms with Crippen LogP contribution in [-0.2, 0) is 4.79 Å². The average molecular weight is 291 g/mol. The number of likely N-dealkylation sites (tertiary alicyclic amines) is 1. The zero-order valence-corrected chi connectivity index (χ0v) is 11.6. The quantitative estimate of drug-likeness (QED) is 0.941. The highest BCUT2D eigenvalue weighted by molar-refractivity contribution is 7.14. The Morgan fingerprint density at radius 1 is 1.35 bits per heavy atom. The van der Waals surface area contributed by atoms with Crippen molar-refractivity contribution < 1.29 is 9.18 Å². The molecule has 20 heavy (non-hydrogen) atoms. The van der Waals surface area contributed by atoms with Crippen molar-refractivity contribution in [2.75, 3.05) is 25.0 Å². The fourth-order valence-corrected chi connectivity index (χ4v) is 2.66. The van der Waals surface area contributed by atoms with Crippen molar-refractivity contribution in [2.45, 2.75) is 6.42 Å². The summed E-state index contributed by atoms with van der Waals surface area (Å²) < 4.78 is 12.9. The zero-order chi connectivity index (χ0) is 13.9. The van der Waals surface area contributed by atoms with E-state index in [0.717, 1.165) is 30.8 Å². The van der Waals surface area contributed by atoms with Gasteiger partial charge in [-0.3, -0.25) is 4.79 Å². The van der Waals surface area contributed by atoms with Crippen molar-refractivity contribution in [3.63, 3.8) is 0 Å². The molecule has 1 saturated heterocycles. The van der Waals surface area contributed by atoms with Gasteiger partial charge in [-0.25, -0.2) is 9.37 Å². The molecule has 2 heterocycles.